The predicted octanol–water partition coefficient (Wildman–Crippen LogP) is 2.32. The molecule has 1 heterocycles. The SMILES string of the molecule is CCC1(N)CC1(CCC1CCOCC1)C(C)CO. The molecule has 3 nitrogen and oxygen atoms in total. The number of ether oxygens (including phenoxy) is 1. The smallest absolute Gasteiger partial charge is 0.0468 e. The van der Waals surface area contributed by atoms with Crippen LogP contribution >= 0.6 is 0 Å². The van der Waals surface area contributed by atoms with Crippen molar-refractivity contribution in [3.05, 3.63) is 0 Å². The zero-order valence-corrected chi connectivity index (χ0v) is 12.0. The molecule has 0 radical (unpaired) electrons. The second-order valence-corrected chi connectivity index (χ2v) is 6.52. The molecule has 0 amide bonds. The molecular formula is C15H29NO2. The Hall–Kier alpha value is -0.120. The summed E-state index contributed by atoms with van der Waals surface area (Å²) in [4.78, 5) is 0. The van der Waals surface area contributed by atoms with Gasteiger partial charge in [-0.3, -0.25) is 0 Å². The molecule has 2 aliphatic rings. The van der Waals surface area contributed by atoms with Gasteiger partial charge in [-0.05, 0) is 55.8 Å². The van der Waals surface area contributed by atoms with Gasteiger partial charge in [-0.2, -0.15) is 0 Å². The van der Waals surface area contributed by atoms with Crippen molar-refractivity contribution in [3.8, 4) is 0 Å². The average Bonchev–Trinajstić information content (AvgIpc) is 3.04. The van der Waals surface area contributed by atoms with Gasteiger partial charge in [0.05, 0.1) is 0 Å². The topological polar surface area (TPSA) is 55.5 Å². The number of aliphatic hydroxyl groups is 1. The van der Waals surface area contributed by atoms with Crippen molar-refractivity contribution in [2.24, 2.45) is 23.0 Å². The van der Waals surface area contributed by atoms with Crippen molar-refractivity contribution in [3.63, 3.8) is 0 Å². The molecule has 18 heavy (non-hydrogen) atoms. The highest BCUT2D eigenvalue weighted by Gasteiger charge is 2.65. The van der Waals surface area contributed by atoms with Gasteiger partial charge in [0.15, 0.2) is 0 Å². The third kappa shape index (κ3) is 2.45. The van der Waals surface area contributed by atoms with Crippen LogP contribution in [0.1, 0.15) is 52.4 Å². The zero-order valence-electron chi connectivity index (χ0n) is 12.0. The van der Waals surface area contributed by atoms with Gasteiger partial charge in [0.1, 0.15) is 0 Å². The van der Waals surface area contributed by atoms with E-state index in [1.807, 2.05) is 0 Å². The monoisotopic (exact) mass is 255 g/mol. The Bertz CT molecular complexity index is 278. The van der Waals surface area contributed by atoms with Crippen LogP contribution in [0.4, 0.5) is 0 Å². The molecule has 3 N–H and O–H groups in total. The van der Waals surface area contributed by atoms with Crippen molar-refractivity contribution in [2.45, 2.75) is 57.9 Å². The summed E-state index contributed by atoms with van der Waals surface area (Å²) in [5.41, 5.74) is 6.67. The second-order valence-electron chi connectivity index (χ2n) is 6.52. The van der Waals surface area contributed by atoms with E-state index >= 15 is 0 Å². The van der Waals surface area contributed by atoms with Crippen molar-refractivity contribution < 1.29 is 9.84 Å². The molecule has 0 aromatic rings. The molecule has 3 heteroatoms. The summed E-state index contributed by atoms with van der Waals surface area (Å²) in [6.45, 7) is 6.46. The Morgan fingerprint density at radius 3 is 2.56 bits per heavy atom. The number of rotatable bonds is 6. The van der Waals surface area contributed by atoms with Gasteiger partial charge in [0, 0.05) is 25.4 Å². The maximum atomic E-state index is 9.50. The van der Waals surface area contributed by atoms with E-state index in [0.29, 0.717) is 5.92 Å². The molecule has 0 aromatic carbocycles. The molecule has 1 aliphatic heterocycles. The Kier molecular flexibility index (Phi) is 4.35. The molecule has 0 bridgehead atoms. The first kappa shape index (κ1) is 14.3. The van der Waals surface area contributed by atoms with Crippen LogP contribution in [0.15, 0.2) is 0 Å². The normalized spacial score (nSPS) is 38.7. The van der Waals surface area contributed by atoms with Crippen LogP contribution in [0.3, 0.4) is 0 Å². The zero-order chi connectivity index (χ0) is 13.2. The lowest BCUT2D eigenvalue weighted by atomic mass is 9.79. The molecule has 0 aromatic heterocycles. The van der Waals surface area contributed by atoms with Gasteiger partial charge in [-0.15, -0.1) is 0 Å². The summed E-state index contributed by atoms with van der Waals surface area (Å²) in [6, 6.07) is 0. The van der Waals surface area contributed by atoms with Crippen molar-refractivity contribution in [1.29, 1.82) is 0 Å². The molecule has 106 valence electrons. The lowest BCUT2D eigenvalue weighted by Gasteiger charge is -2.30. The van der Waals surface area contributed by atoms with Crippen molar-refractivity contribution in [1.82, 2.24) is 0 Å². The maximum absolute atomic E-state index is 9.50. The highest BCUT2D eigenvalue weighted by atomic mass is 16.5. The van der Waals surface area contributed by atoms with Gasteiger partial charge < -0.3 is 15.6 Å². The average molecular weight is 255 g/mol. The largest absolute Gasteiger partial charge is 0.396 e. The summed E-state index contributed by atoms with van der Waals surface area (Å²) in [5.74, 6) is 1.14. The number of aliphatic hydroxyl groups excluding tert-OH is 1. The Balaban J connectivity index is 1.91. The minimum absolute atomic E-state index is 0.0136. The van der Waals surface area contributed by atoms with Gasteiger partial charge >= 0.3 is 0 Å². The Morgan fingerprint density at radius 1 is 1.39 bits per heavy atom. The highest BCUT2D eigenvalue weighted by molar-refractivity contribution is 5.20. The molecule has 3 unspecified atom stereocenters. The lowest BCUT2D eigenvalue weighted by molar-refractivity contribution is 0.0572. The lowest BCUT2D eigenvalue weighted by Crippen LogP contribution is -2.35. The molecular weight excluding hydrogens is 226 g/mol. The quantitative estimate of drug-likeness (QED) is 0.766. The standard InChI is InChI=1S/C15H29NO2/c1-3-15(16)11-14(15,12(2)10-17)7-4-13-5-8-18-9-6-13/h12-13,17H,3-11,16H2,1-2H3. The van der Waals surface area contributed by atoms with Crippen molar-refractivity contribution >= 4 is 0 Å². The van der Waals surface area contributed by atoms with E-state index in [1.165, 1.54) is 25.7 Å². The first-order chi connectivity index (χ1) is 8.58. The van der Waals surface area contributed by atoms with Gasteiger partial charge in [-0.1, -0.05) is 13.8 Å². The molecule has 2 fully saturated rings. The summed E-state index contributed by atoms with van der Waals surface area (Å²) in [6.07, 6.45) is 6.98. The fourth-order valence-electron chi connectivity index (χ4n) is 3.92. The van der Waals surface area contributed by atoms with E-state index < -0.39 is 0 Å². The summed E-state index contributed by atoms with van der Waals surface area (Å²) in [7, 11) is 0. The highest BCUT2D eigenvalue weighted by Crippen LogP contribution is 2.64. The van der Waals surface area contributed by atoms with Crippen LogP contribution in [0.25, 0.3) is 0 Å². The maximum Gasteiger partial charge on any atom is 0.0468 e. The third-order valence-electron chi connectivity index (χ3n) is 5.69. The summed E-state index contributed by atoms with van der Waals surface area (Å²) < 4.78 is 5.41. The fraction of sp³-hybridized carbons (Fsp3) is 1.00. The van der Waals surface area contributed by atoms with Gasteiger partial charge in [0.25, 0.3) is 0 Å². The molecule has 1 aliphatic carbocycles. The Morgan fingerprint density at radius 2 is 2.06 bits per heavy atom. The fourth-order valence-corrected chi connectivity index (χ4v) is 3.92. The van der Waals surface area contributed by atoms with E-state index in [4.69, 9.17) is 10.5 Å². The molecule has 1 saturated heterocycles. The number of nitrogens with two attached hydrogens (primary N) is 1. The van der Waals surface area contributed by atoms with E-state index in [9.17, 15) is 5.11 Å². The van der Waals surface area contributed by atoms with Crippen LogP contribution in [0.2, 0.25) is 0 Å². The van der Waals surface area contributed by atoms with Crippen LogP contribution in [0, 0.1) is 17.3 Å². The van der Waals surface area contributed by atoms with Crippen LogP contribution < -0.4 is 5.73 Å². The van der Waals surface area contributed by atoms with Crippen LogP contribution in [-0.2, 0) is 4.74 Å². The first-order valence-corrected chi connectivity index (χ1v) is 7.55. The van der Waals surface area contributed by atoms with Gasteiger partial charge in [-0.25, -0.2) is 0 Å². The summed E-state index contributed by atoms with van der Waals surface area (Å²) >= 11 is 0. The summed E-state index contributed by atoms with van der Waals surface area (Å²) in [5, 5.41) is 9.50. The van der Waals surface area contributed by atoms with Crippen LogP contribution in [0.5, 0.6) is 0 Å². The van der Waals surface area contributed by atoms with E-state index in [2.05, 4.69) is 13.8 Å². The number of hydrogen-bond acceptors (Lipinski definition) is 3. The molecule has 3 atom stereocenters. The Labute approximate surface area is 111 Å². The predicted molar refractivity (Wildman–Crippen MR) is 73.3 cm³/mol. The van der Waals surface area contributed by atoms with Gasteiger partial charge in [0.2, 0.25) is 0 Å². The minimum Gasteiger partial charge on any atom is -0.396 e. The molecule has 2 rings (SSSR count). The first-order valence-electron chi connectivity index (χ1n) is 7.55. The molecule has 0 spiro atoms. The minimum atomic E-state index is -0.0136. The second kappa shape index (κ2) is 5.48. The van der Waals surface area contributed by atoms with E-state index in [1.54, 1.807) is 0 Å². The number of hydrogen-bond donors (Lipinski definition) is 2. The van der Waals surface area contributed by atoms with E-state index in [0.717, 1.165) is 32.0 Å². The molecule has 1 saturated carbocycles. The third-order valence-corrected chi connectivity index (χ3v) is 5.69. The van der Waals surface area contributed by atoms with Crippen LogP contribution in [-0.4, -0.2) is 30.5 Å². The van der Waals surface area contributed by atoms with E-state index in [-0.39, 0.29) is 17.6 Å². The van der Waals surface area contributed by atoms with Crippen molar-refractivity contribution in [2.75, 3.05) is 19.8 Å².